The average Bonchev–Trinajstić information content (AvgIpc) is 3.67. The Morgan fingerprint density at radius 1 is 1.10 bits per heavy atom. The summed E-state index contributed by atoms with van der Waals surface area (Å²) in [7, 11) is 0. The summed E-state index contributed by atoms with van der Waals surface area (Å²) in [5, 5.41) is 4.53. The van der Waals surface area contributed by atoms with Crippen LogP contribution in [0.2, 0.25) is 0 Å². The van der Waals surface area contributed by atoms with Gasteiger partial charge in [0.1, 0.15) is 4.83 Å². The second kappa shape index (κ2) is 12.4. The minimum absolute atomic E-state index is 0.255. The molecule has 2 aromatic heterocycles. The van der Waals surface area contributed by atoms with Gasteiger partial charge in [-0.2, -0.15) is 13.2 Å². The van der Waals surface area contributed by atoms with Crippen molar-refractivity contribution >= 4 is 33.3 Å². The predicted molar refractivity (Wildman–Crippen MR) is 161 cm³/mol. The van der Waals surface area contributed by atoms with E-state index in [1.54, 1.807) is 12.3 Å². The van der Waals surface area contributed by atoms with Crippen molar-refractivity contribution in [1.82, 2.24) is 9.88 Å². The molecule has 0 bridgehead atoms. The average molecular weight is 584 g/mol. The molecule has 4 nitrogen and oxygen atoms in total. The van der Waals surface area contributed by atoms with Gasteiger partial charge in [-0.25, -0.2) is 4.98 Å². The van der Waals surface area contributed by atoms with Crippen LogP contribution in [0.1, 0.15) is 79.0 Å². The molecule has 3 heterocycles. The van der Waals surface area contributed by atoms with Crippen LogP contribution in [0, 0.1) is 5.92 Å². The van der Waals surface area contributed by atoms with Gasteiger partial charge in [-0.1, -0.05) is 55.5 Å². The van der Waals surface area contributed by atoms with Crippen molar-refractivity contribution in [2.75, 3.05) is 25.0 Å². The van der Waals surface area contributed by atoms with E-state index in [0.29, 0.717) is 22.9 Å². The molecule has 1 saturated heterocycles. The van der Waals surface area contributed by atoms with Gasteiger partial charge in [0.15, 0.2) is 0 Å². The fraction of sp³-hybridized carbons (Fsp3) is 0.545. The quantitative estimate of drug-likeness (QED) is 0.243. The standard InChI is InChI=1S/C33H40F3N3OS/c1-22-14-25-7-6-24(16-26(25)15-22)20-39-11-8-28(9-12-39)38-31-27(21-40-13-10-23-4-2-3-5-23)19-37-32-30(31)17-29(41-32)18-33(34,35)36/h6-7,15-17,19,23,28H,2-5,8-14,18,20-21H2,1H3,(H,37,38). The minimum Gasteiger partial charge on any atom is -0.381 e. The van der Waals surface area contributed by atoms with Crippen LogP contribution in [-0.4, -0.2) is 41.8 Å². The van der Waals surface area contributed by atoms with E-state index in [4.69, 9.17) is 4.74 Å². The molecule has 3 aromatic rings. The Hall–Kier alpha value is -2.42. The van der Waals surface area contributed by atoms with Crippen molar-refractivity contribution in [3.63, 3.8) is 0 Å². The fourth-order valence-electron chi connectivity index (χ4n) is 6.73. The molecule has 0 amide bonds. The number of thiophene rings is 1. The maximum Gasteiger partial charge on any atom is 0.393 e. The van der Waals surface area contributed by atoms with Crippen LogP contribution in [0.5, 0.6) is 0 Å². The van der Waals surface area contributed by atoms with Crippen LogP contribution < -0.4 is 5.32 Å². The van der Waals surface area contributed by atoms with Crippen molar-refractivity contribution in [1.29, 1.82) is 0 Å². The highest BCUT2D eigenvalue weighted by Gasteiger charge is 2.29. The zero-order valence-corrected chi connectivity index (χ0v) is 24.7. The van der Waals surface area contributed by atoms with Crippen LogP contribution >= 0.6 is 11.3 Å². The Kier molecular flexibility index (Phi) is 8.70. The summed E-state index contributed by atoms with van der Waals surface area (Å²) in [6, 6.07) is 8.80. The molecule has 2 aliphatic carbocycles. The number of nitrogens with zero attached hydrogens (tertiary/aromatic N) is 2. The summed E-state index contributed by atoms with van der Waals surface area (Å²) in [5.74, 6) is 0.762. The van der Waals surface area contributed by atoms with Crippen molar-refractivity contribution in [2.45, 2.75) is 90.1 Å². The molecule has 0 unspecified atom stereocenters. The SMILES string of the molecule is CC1=Cc2cc(CN3CCC(Nc4c(COCCC5CCCC5)cnc5sc(CC(F)(F)F)cc45)CC3)ccc2C1. The first-order valence-electron chi connectivity index (χ1n) is 15.1. The van der Waals surface area contributed by atoms with E-state index in [1.165, 1.54) is 47.9 Å². The number of allylic oxidation sites excluding steroid dienone is 1. The van der Waals surface area contributed by atoms with Gasteiger partial charge >= 0.3 is 6.18 Å². The van der Waals surface area contributed by atoms with E-state index < -0.39 is 12.6 Å². The molecule has 1 saturated carbocycles. The van der Waals surface area contributed by atoms with Crippen LogP contribution in [0.3, 0.4) is 0 Å². The van der Waals surface area contributed by atoms with Gasteiger partial charge in [-0.05, 0) is 61.3 Å². The van der Waals surface area contributed by atoms with Gasteiger partial charge in [0.05, 0.1) is 18.7 Å². The number of alkyl halides is 3. The number of hydrogen-bond acceptors (Lipinski definition) is 5. The largest absolute Gasteiger partial charge is 0.393 e. The van der Waals surface area contributed by atoms with Crippen LogP contribution in [-0.2, 0) is 30.7 Å². The number of pyridine rings is 1. The molecule has 8 heteroatoms. The van der Waals surface area contributed by atoms with Crippen molar-refractivity contribution < 1.29 is 17.9 Å². The van der Waals surface area contributed by atoms with Gasteiger partial charge in [0.25, 0.3) is 0 Å². The number of fused-ring (bicyclic) bond motifs is 2. The van der Waals surface area contributed by atoms with Gasteiger partial charge in [-0.15, -0.1) is 11.3 Å². The Morgan fingerprint density at radius 3 is 2.68 bits per heavy atom. The topological polar surface area (TPSA) is 37.4 Å². The summed E-state index contributed by atoms with van der Waals surface area (Å²) in [4.78, 5) is 8.01. The normalized spacial score (nSPS) is 18.8. The third-order valence-corrected chi connectivity index (χ3v) is 9.94. The van der Waals surface area contributed by atoms with Crippen molar-refractivity contribution in [3.05, 3.63) is 63.2 Å². The van der Waals surface area contributed by atoms with E-state index in [2.05, 4.69) is 46.4 Å². The minimum atomic E-state index is -4.23. The number of piperidine rings is 1. The molecule has 0 atom stereocenters. The van der Waals surface area contributed by atoms with Crippen molar-refractivity contribution in [3.8, 4) is 0 Å². The second-order valence-electron chi connectivity index (χ2n) is 12.3. The maximum absolute atomic E-state index is 13.2. The summed E-state index contributed by atoms with van der Waals surface area (Å²) in [5.41, 5.74) is 7.39. The van der Waals surface area contributed by atoms with E-state index in [9.17, 15) is 13.2 Å². The lowest BCUT2D eigenvalue weighted by Gasteiger charge is -2.33. The van der Waals surface area contributed by atoms with E-state index in [1.807, 2.05) is 0 Å². The molecule has 1 aliphatic heterocycles. The highest BCUT2D eigenvalue weighted by atomic mass is 32.1. The zero-order valence-electron chi connectivity index (χ0n) is 23.9. The molecule has 41 heavy (non-hydrogen) atoms. The number of benzene rings is 1. The van der Waals surface area contributed by atoms with E-state index in [-0.39, 0.29) is 6.04 Å². The fourth-order valence-corrected chi connectivity index (χ4v) is 7.77. The third kappa shape index (κ3) is 7.33. The van der Waals surface area contributed by atoms with Gasteiger partial charge in [-0.3, -0.25) is 4.90 Å². The first-order chi connectivity index (χ1) is 19.8. The number of hydrogen-bond donors (Lipinski definition) is 1. The number of halogens is 3. The first kappa shape index (κ1) is 28.7. The Labute approximate surface area is 245 Å². The van der Waals surface area contributed by atoms with Gasteiger partial charge in [0, 0.05) is 54.3 Å². The molecule has 1 aromatic carbocycles. The molecule has 2 fully saturated rings. The number of nitrogens with one attached hydrogen (secondary N) is 1. The highest BCUT2D eigenvalue weighted by molar-refractivity contribution is 7.18. The number of ether oxygens (including phenoxy) is 1. The zero-order chi connectivity index (χ0) is 28.4. The number of anilines is 1. The molecule has 0 radical (unpaired) electrons. The lowest BCUT2D eigenvalue weighted by Crippen LogP contribution is -2.38. The molecule has 1 N–H and O–H groups in total. The molecule has 3 aliphatic rings. The Bertz CT molecular complexity index is 1380. The Balaban J connectivity index is 1.12. The summed E-state index contributed by atoms with van der Waals surface area (Å²) in [6.45, 7) is 6.23. The summed E-state index contributed by atoms with van der Waals surface area (Å²) >= 11 is 1.14. The van der Waals surface area contributed by atoms with Gasteiger partial charge < -0.3 is 10.1 Å². The summed E-state index contributed by atoms with van der Waals surface area (Å²) < 4.78 is 45.6. The molecular weight excluding hydrogens is 543 g/mol. The molecular formula is C33H40F3N3OS. The lowest BCUT2D eigenvalue weighted by molar-refractivity contribution is -0.126. The highest BCUT2D eigenvalue weighted by Crippen LogP contribution is 2.37. The predicted octanol–water partition coefficient (Wildman–Crippen LogP) is 8.53. The summed E-state index contributed by atoms with van der Waals surface area (Å²) in [6.07, 6.45) is 8.27. The molecule has 220 valence electrons. The molecule has 6 rings (SSSR count). The van der Waals surface area contributed by atoms with E-state index >= 15 is 0 Å². The van der Waals surface area contributed by atoms with Crippen LogP contribution in [0.25, 0.3) is 16.3 Å². The maximum atomic E-state index is 13.2. The van der Waals surface area contributed by atoms with Gasteiger partial charge in [0.2, 0.25) is 0 Å². The third-order valence-electron chi connectivity index (χ3n) is 8.89. The first-order valence-corrected chi connectivity index (χ1v) is 15.9. The lowest BCUT2D eigenvalue weighted by atomic mass is 10.0. The second-order valence-corrected chi connectivity index (χ2v) is 13.4. The van der Waals surface area contributed by atoms with Crippen LogP contribution in [0.15, 0.2) is 36.0 Å². The smallest absolute Gasteiger partial charge is 0.381 e. The molecule has 0 spiro atoms. The van der Waals surface area contributed by atoms with Crippen molar-refractivity contribution in [2.24, 2.45) is 5.92 Å². The Morgan fingerprint density at radius 2 is 1.90 bits per heavy atom. The monoisotopic (exact) mass is 583 g/mol. The number of aromatic nitrogens is 1. The van der Waals surface area contributed by atoms with E-state index in [0.717, 1.165) is 79.2 Å². The number of rotatable bonds is 10. The van der Waals surface area contributed by atoms with Crippen LogP contribution in [0.4, 0.5) is 18.9 Å². The number of likely N-dealkylation sites (tertiary alicyclic amines) is 1.